The smallest absolute Gasteiger partial charge is 0.310 e. The largest absolute Gasteiger partial charge is 0.469 e. The highest BCUT2D eigenvalue weighted by molar-refractivity contribution is 5.78. The van der Waals surface area contributed by atoms with E-state index in [2.05, 4.69) is 12.2 Å². The third-order valence-electron chi connectivity index (χ3n) is 3.69. The molecule has 0 saturated carbocycles. The monoisotopic (exact) mass is 270 g/mol. The Bertz CT molecular complexity index is 320. The summed E-state index contributed by atoms with van der Waals surface area (Å²) < 4.78 is 4.79. The van der Waals surface area contributed by atoms with Crippen molar-refractivity contribution in [3.8, 4) is 0 Å². The summed E-state index contributed by atoms with van der Waals surface area (Å²) in [5.41, 5.74) is 0. The van der Waals surface area contributed by atoms with E-state index in [-0.39, 0.29) is 29.8 Å². The Morgan fingerprint density at radius 3 is 2.68 bits per heavy atom. The van der Waals surface area contributed by atoms with E-state index in [1.54, 1.807) is 0 Å². The van der Waals surface area contributed by atoms with Gasteiger partial charge < -0.3 is 10.1 Å². The van der Waals surface area contributed by atoms with Crippen LogP contribution < -0.4 is 5.32 Å². The molecule has 5 heteroatoms. The summed E-state index contributed by atoms with van der Waals surface area (Å²) in [4.78, 5) is 25.5. The molecule has 1 amide bonds. The van der Waals surface area contributed by atoms with Crippen molar-refractivity contribution < 1.29 is 14.3 Å². The number of methoxy groups -OCH3 is 1. The van der Waals surface area contributed by atoms with Gasteiger partial charge in [-0.3, -0.25) is 14.5 Å². The van der Waals surface area contributed by atoms with E-state index < -0.39 is 0 Å². The molecule has 1 fully saturated rings. The van der Waals surface area contributed by atoms with Gasteiger partial charge in [-0.15, -0.1) is 0 Å². The number of amides is 1. The molecule has 1 heterocycles. The van der Waals surface area contributed by atoms with Crippen molar-refractivity contribution >= 4 is 11.9 Å². The molecular formula is C14H26N2O3. The zero-order chi connectivity index (χ0) is 14.4. The van der Waals surface area contributed by atoms with Gasteiger partial charge in [0.2, 0.25) is 5.91 Å². The van der Waals surface area contributed by atoms with E-state index in [1.165, 1.54) is 7.11 Å². The number of esters is 1. The van der Waals surface area contributed by atoms with Crippen molar-refractivity contribution in [1.29, 1.82) is 0 Å². The average molecular weight is 270 g/mol. The summed E-state index contributed by atoms with van der Waals surface area (Å²) in [6.07, 6.45) is 2.06. The second kappa shape index (κ2) is 7.48. The zero-order valence-corrected chi connectivity index (χ0v) is 12.4. The lowest BCUT2D eigenvalue weighted by atomic mass is 9.99. The highest BCUT2D eigenvalue weighted by Crippen LogP contribution is 2.23. The molecule has 5 nitrogen and oxygen atoms in total. The Morgan fingerprint density at radius 1 is 1.42 bits per heavy atom. The number of nitrogens with one attached hydrogen (secondary N) is 1. The van der Waals surface area contributed by atoms with Crippen molar-refractivity contribution in [3.63, 3.8) is 0 Å². The number of likely N-dealkylation sites (tertiary alicyclic amines) is 1. The molecule has 0 aromatic rings. The van der Waals surface area contributed by atoms with E-state index in [4.69, 9.17) is 4.74 Å². The Kier molecular flexibility index (Phi) is 6.28. The molecule has 1 rings (SSSR count). The second-order valence-corrected chi connectivity index (χ2v) is 5.56. The van der Waals surface area contributed by atoms with Crippen molar-refractivity contribution in [2.75, 3.05) is 26.7 Å². The maximum atomic E-state index is 11.9. The van der Waals surface area contributed by atoms with Crippen LogP contribution in [0.4, 0.5) is 0 Å². The molecule has 1 aliphatic heterocycles. The van der Waals surface area contributed by atoms with E-state index in [1.807, 2.05) is 18.7 Å². The van der Waals surface area contributed by atoms with Crippen LogP contribution in [0.25, 0.3) is 0 Å². The van der Waals surface area contributed by atoms with Gasteiger partial charge in [0.05, 0.1) is 19.6 Å². The van der Waals surface area contributed by atoms with Crippen LogP contribution >= 0.6 is 0 Å². The van der Waals surface area contributed by atoms with Gasteiger partial charge >= 0.3 is 5.97 Å². The Morgan fingerprint density at radius 2 is 2.11 bits per heavy atom. The van der Waals surface area contributed by atoms with E-state index in [0.29, 0.717) is 13.1 Å². The third kappa shape index (κ3) is 4.82. The minimum atomic E-state index is -0.172. The number of nitrogens with zero attached hydrogens (tertiary/aromatic N) is 1. The summed E-state index contributed by atoms with van der Waals surface area (Å²) in [6.45, 7) is 7.90. The van der Waals surface area contributed by atoms with Crippen LogP contribution in [0.1, 0.15) is 33.6 Å². The Labute approximate surface area is 115 Å². The molecule has 1 N–H and O–H groups in total. The molecule has 0 aromatic heterocycles. The number of carbonyl (C=O) groups excluding carboxylic acids is 2. The van der Waals surface area contributed by atoms with Crippen LogP contribution in [0.5, 0.6) is 0 Å². The molecule has 0 bridgehead atoms. The fourth-order valence-corrected chi connectivity index (χ4v) is 2.68. The molecule has 3 atom stereocenters. The first-order valence-corrected chi connectivity index (χ1v) is 7.07. The van der Waals surface area contributed by atoms with Crippen molar-refractivity contribution in [3.05, 3.63) is 0 Å². The second-order valence-electron chi connectivity index (χ2n) is 5.56. The van der Waals surface area contributed by atoms with Crippen LogP contribution in [0, 0.1) is 11.8 Å². The number of ether oxygens (including phenoxy) is 1. The van der Waals surface area contributed by atoms with Crippen LogP contribution in [0.15, 0.2) is 0 Å². The van der Waals surface area contributed by atoms with Gasteiger partial charge in [0, 0.05) is 19.1 Å². The predicted molar refractivity (Wildman–Crippen MR) is 73.6 cm³/mol. The summed E-state index contributed by atoms with van der Waals surface area (Å²) >= 11 is 0. The minimum absolute atomic E-state index is 0.0404. The molecule has 0 aliphatic carbocycles. The lowest BCUT2D eigenvalue weighted by Crippen LogP contribution is -2.40. The SMILES string of the molecule is CCCC(C)NC(=O)CN1CC(C)C(C(=O)OC)C1. The summed E-state index contributed by atoms with van der Waals surface area (Å²) in [5, 5.41) is 2.98. The lowest BCUT2D eigenvalue weighted by Gasteiger charge is -2.18. The van der Waals surface area contributed by atoms with E-state index >= 15 is 0 Å². The number of hydrogen-bond donors (Lipinski definition) is 1. The van der Waals surface area contributed by atoms with Crippen LogP contribution in [0.3, 0.4) is 0 Å². The van der Waals surface area contributed by atoms with Crippen LogP contribution in [0.2, 0.25) is 0 Å². The van der Waals surface area contributed by atoms with Gasteiger partial charge in [0.1, 0.15) is 0 Å². The molecular weight excluding hydrogens is 244 g/mol. The molecule has 19 heavy (non-hydrogen) atoms. The Hall–Kier alpha value is -1.10. The highest BCUT2D eigenvalue weighted by atomic mass is 16.5. The van der Waals surface area contributed by atoms with Gasteiger partial charge in [-0.05, 0) is 19.3 Å². The highest BCUT2D eigenvalue weighted by Gasteiger charge is 2.36. The number of hydrogen-bond acceptors (Lipinski definition) is 4. The fraction of sp³-hybridized carbons (Fsp3) is 0.857. The molecule has 110 valence electrons. The molecule has 0 aromatic carbocycles. The standard InChI is InChI=1S/C14H26N2O3/c1-5-6-11(3)15-13(17)9-16-7-10(2)12(8-16)14(18)19-4/h10-12H,5-9H2,1-4H3,(H,15,17). The lowest BCUT2D eigenvalue weighted by molar-refractivity contribution is -0.146. The summed E-state index contributed by atoms with van der Waals surface area (Å²) in [6, 6.07) is 0.217. The summed E-state index contributed by atoms with van der Waals surface area (Å²) in [5.74, 6) is 0.00704. The van der Waals surface area contributed by atoms with Crippen molar-refractivity contribution in [2.24, 2.45) is 11.8 Å². The Balaban J connectivity index is 2.38. The van der Waals surface area contributed by atoms with E-state index in [0.717, 1.165) is 19.4 Å². The average Bonchev–Trinajstić information content (AvgIpc) is 2.69. The topological polar surface area (TPSA) is 58.6 Å². The molecule has 1 saturated heterocycles. The summed E-state index contributed by atoms with van der Waals surface area (Å²) in [7, 11) is 1.41. The molecule has 3 unspecified atom stereocenters. The van der Waals surface area contributed by atoms with Crippen LogP contribution in [-0.4, -0.2) is 49.6 Å². The maximum absolute atomic E-state index is 11.9. The van der Waals surface area contributed by atoms with Gasteiger partial charge in [0.25, 0.3) is 0 Å². The number of rotatable bonds is 6. The van der Waals surface area contributed by atoms with Gasteiger partial charge in [-0.25, -0.2) is 0 Å². The van der Waals surface area contributed by atoms with Crippen molar-refractivity contribution in [2.45, 2.75) is 39.7 Å². The zero-order valence-electron chi connectivity index (χ0n) is 12.4. The van der Waals surface area contributed by atoms with Crippen LogP contribution in [-0.2, 0) is 14.3 Å². The maximum Gasteiger partial charge on any atom is 0.310 e. The number of carbonyl (C=O) groups is 2. The third-order valence-corrected chi connectivity index (χ3v) is 3.69. The quantitative estimate of drug-likeness (QED) is 0.732. The fourth-order valence-electron chi connectivity index (χ4n) is 2.68. The first-order valence-electron chi connectivity index (χ1n) is 7.07. The van der Waals surface area contributed by atoms with Gasteiger partial charge in [0.15, 0.2) is 0 Å². The molecule has 1 aliphatic rings. The van der Waals surface area contributed by atoms with Gasteiger partial charge in [-0.1, -0.05) is 20.3 Å². The van der Waals surface area contributed by atoms with Gasteiger partial charge in [-0.2, -0.15) is 0 Å². The predicted octanol–water partition coefficient (Wildman–Crippen LogP) is 1.03. The molecule has 0 radical (unpaired) electrons. The minimum Gasteiger partial charge on any atom is -0.469 e. The first kappa shape index (κ1) is 16.0. The first-order chi connectivity index (χ1) is 8.97. The van der Waals surface area contributed by atoms with E-state index in [9.17, 15) is 9.59 Å². The molecule has 0 spiro atoms. The normalized spacial score (nSPS) is 25.1. The van der Waals surface area contributed by atoms with Crippen molar-refractivity contribution in [1.82, 2.24) is 10.2 Å².